The van der Waals surface area contributed by atoms with Crippen LogP contribution in [0.1, 0.15) is 33.1 Å². The smallest absolute Gasteiger partial charge is 0.211 e. The Morgan fingerprint density at radius 1 is 1.20 bits per heavy atom. The molecule has 0 amide bonds. The molecule has 0 saturated heterocycles. The highest BCUT2D eigenvalue weighted by atomic mass is 32.2. The predicted octanol–water partition coefficient (Wildman–Crippen LogP) is 1.12. The van der Waals surface area contributed by atoms with Crippen LogP contribution in [0.15, 0.2) is 0 Å². The van der Waals surface area contributed by atoms with Crippen LogP contribution in [0.5, 0.6) is 0 Å². The van der Waals surface area contributed by atoms with Crippen LogP contribution >= 0.6 is 0 Å². The van der Waals surface area contributed by atoms with Gasteiger partial charge in [-0.1, -0.05) is 13.8 Å². The third kappa shape index (κ3) is 5.49. The molecule has 1 saturated carbocycles. The number of rotatable bonds is 4. The number of nitrogens with two attached hydrogens (primary N) is 1. The van der Waals surface area contributed by atoms with E-state index in [1.165, 1.54) is 6.42 Å². The summed E-state index contributed by atoms with van der Waals surface area (Å²) < 4.78 is 26.9. The zero-order valence-electron chi connectivity index (χ0n) is 9.48. The van der Waals surface area contributed by atoms with Crippen molar-refractivity contribution in [2.24, 2.45) is 17.0 Å². The average Bonchev–Trinajstić information content (AvgIpc) is 1.99. The van der Waals surface area contributed by atoms with E-state index in [1.54, 1.807) is 0 Å². The normalized spacial score (nSPS) is 32.9. The van der Waals surface area contributed by atoms with Crippen molar-refractivity contribution in [1.29, 1.82) is 0 Å². The van der Waals surface area contributed by atoms with Gasteiger partial charge in [0.25, 0.3) is 0 Å². The third-order valence-electron chi connectivity index (χ3n) is 2.86. The van der Waals surface area contributed by atoms with Crippen molar-refractivity contribution in [3.8, 4) is 0 Å². The van der Waals surface area contributed by atoms with Crippen LogP contribution in [-0.2, 0) is 14.8 Å². The molecule has 15 heavy (non-hydrogen) atoms. The summed E-state index contributed by atoms with van der Waals surface area (Å²) in [5.74, 6) is 1.27. The molecule has 0 radical (unpaired) electrons. The highest BCUT2D eigenvalue weighted by Crippen LogP contribution is 2.30. The van der Waals surface area contributed by atoms with Crippen LogP contribution in [0.4, 0.5) is 0 Å². The van der Waals surface area contributed by atoms with Crippen molar-refractivity contribution >= 4 is 10.0 Å². The van der Waals surface area contributed by atoms with Gasteiger partial charge in [-0.05, 0) is 31.1 Å². The first-order valence-corrected chi connectivity index (χ1v) is 7.20. The Morgan fingerprint density at radius 3 is 2.20 bits per heavy atom. The number of hydrogen-bond acceptors (Lipinski definition) is 3. The first kappa shape index (κ1) is 12.9. The molecule has 5 heteroatoms. The summed E-state index contributed by atoms with van der Waals surface area (Å²) in [4.78, 5) is 0. The predicted molar refractivity (Wildman–Crippen MR) is 59.9 cm³/mol. The molecule has 1 aliphatic carbocycles. The molecule has 0 spiro atoms. The van der Waals surface area contributed by atoms with E-state index in [2.05, 4.69) is 13.8 Å². The molecule has 0 bridgehead atoms. The molecule has 90 valence electrons. The minimum absolute atomic E-state index is 0.0771. The Bertz CT molecular complexity index is 279. The zero-order valence-corrected chi connectivity index (χ0v) is 10.3. The Morgan fingerprint density at radius 2 is 1.73 bits per heavy atom. The molecular formula is C10H21NO3S. The largest absolute Gasteiger partial charge is 0.377 e. The maximum atomic E-state index is 10.7. The molecule has 0 aromatic rings. The first-order chi connectivity index (χ1) is 6.87. The summed E-state index contributed by atoms with van der Waals surface area (Å²) in [6.07, 6.45) is 3.53. The van der Waals surface area contributed by atoms with E-state index in [4.69, 9.17) is 9.88 Å². The van der Waals surface area contributed by atoms with Gasteiger partial charge in [0.1, 0.15) is 0 Å². The van der Waals surface area contributed by atoms with Gasteiger partial charge in [0.15, 0.2) is 0 Å². The van der Waals surface area contributed by atoms with Crippen LogP contribution < -0.4 is 5.14 Å². The van der Waals surface area contributed by atoms with E-state index in [9.17, 15) is 8.42 Å². The van der Waals surface area contributed by atoms with E-state index >= 15 is 0 Å². The van der Waals surface area contributed by atoms with Crippen LogP contribution in [0, 0.1) is 11.8 Å². The van der Waals surface area contributed by atoms with E-state index in [0.29, 0.717) is 11.8 Å². The van der Waals surface area contributed by atoms with Gasteiger partial charge in [-0.2, -0.15) is 0 Å². The number of primary sulfonamides is 1. The third-order valence-corrected chi connectivity index (χ3v) is 3.59. The molecule has 1 aliphatic rings. The fourth-order valence-corrected chi connectivity index (χ4v) is 2.67. The van der Waals surface area contributed by atoms with Gasteiger partial charge >= 0.3 is 0 Å². The molecular weight excluding hydrogens is 214 g/mol. The summed E-state index contributed by atoms with van der Waals surface area (Å²) in [5, 5.41) is 4.90. The maximum Gasteiger partial charge on any atom is 0.211 e. The van der Waals surface area contributed by atoms with Crippen molar-refractivity contribution in [3.05, 3.63) is 0 Å². The van der Waals surface area contributed by atoms with E-state index in [-0.39, 0.29) is 18.5 Å². The van der Waals surface area contributed by atoms with Gasteiger partial charge in [-0.25, -0.2) is 13.6 Å². The SMILES string of the molecule is CC1CC(C)CC(OCCS(N)(=O)=O)C1. The second-order valence-corrected chi connectivity index (χ2v) is 6.51. The van der Waals surface area contributed by atoms with Crippen molar-refractivity contribution < 1.29 is 13.2 Å². The minimum atomic E-state index is -3.38. The van der Waals surface area contributed by atoms with Crippen LogP contribution in [0.3, 0.4) is 0 Å². The van der Waals surface area contributed by atoms with Gasteiger partial charge in [0.2, 0.25) is 10.0 Å². The topological polar surface area (TPSA) is 69.4 Å². The number of ether oxygens (including phenoxy) is 1. The molecule has 2 unspecified atom stereocenters. The fourth-order valence-electron chi connectivity index (χ4n) is 2.34. The lowest BCUT2D eigenvalue weighted by atomic mass is 9.82. The molecule has 1 rings (SSSR count). The van der Waals surface area contributed by atoms with Gasteiger partial charge < -0.3 is 4.74 Å². The molecule has 0 aliphatic heterocycles. The standard InChI is InChI=1S/C10H21NO3S/c1-8-5-9(2)7-10(6-8)14-3-4-15(11,12)13/h8-10H,3-7H2,1-2H3,(H2,11,12,13). The fraction of sp³-hybridized carbons (Fsp3) is 1.00. The Hall–Kier alpha value is -0.130. The van der Waals surface area contributed by atoms with E-state index < -0.39 is 10.0 Å². The summed E-state index contributed by atoms with van der Waals surface area (Å²) in [7, 11) is -3.38. The monoisotopic (exact) mass is 235 g/mol. The highest BCUT2D eigenvalue weighted by Gasteiger charge is 2.24. The zero-order chi connectivity index (χ0) is 11.5. The summed E-state index contributed by atoms with van der Waals surface area (Å²) in [6.45, 7) is 4.65. The van der Waals surface area contributed by atoms with Gasteiger partial charge in [0, 0.05) is 0 Å². The molecule has 0 heterocycles. The molecule has 0 aromatic heterocycles. The average molecular weight is 235 g/mol. The van der Waals surface area contributed by atoms with Crippen LogP contribution in [-0.4, -0.2) is 26.9 Å². The first-order valence-electron chi connectivity index (χ1n) is 5.49. The van der Waals surface area contributed by atoms with Crippen molar-refractivity contribution in [1.82, 2.24) is 0 Å². The van der Waals surface area contributed by atoms with Crippen molar-refractivity contribution in [2.75, 3.05) is 12.4 Å². The van der Waals surface area contributed by atoms with E-state index in [0.717, 1.165) is 12.8 Å². The Labute approximate surface area is 92.2 Å². The quantitative estimate of drug-likeness (QED) is 0.793. The summed E-state index contributed by atoms with van der Waals surface area (Å²) in [6, 6.07) is 0. The lowest BCUT2D eigenvalue weighted by Crippen LogP contribution is -2.29. The molecule has 4 nitrogen and oxygen atoms in total. The Balaban J connectivity index is 2.26. The second kappa shape index (κ2) is 5.27. The second-order valence-electron chi connectivity index (χ2n) is 4.78. The summed E-state index contributed by atoms with van der Waals surface area (Å²) in [5.41, 5.74) is 0. The van der Waals surface area contributed by atoms with Crippen LogP contribution in [0.2, 0.25) is 0 Å². The number of sulfonamides is 1. The molecule has 2 N–H and O–H groups in total. The van der Waals surface area contributed by atoms with Crippen molar-refractivity contribution in [2.45, 2.75) is 39.2 Å². The van der Waals surface area contributed by atoms with Crippen LogP contribution in [0.25, 0.3) is 0 Å². The maximum absolute atomic E-state index is 10.7. The Kier molecular flexibility index (Phi) is 4.55. The van der Waals surface area contributed by atoms with Gasteiger partial charge in [0.05, 0.1) is 18.5 Å². The molecule has 2 atom stereocenters. The summed E-state index contributed by atoms with van der Waals surface area (Å²) >= 11 is 0. The van der Waals surface area contributed by atoms with Gasteiger partial charge in [-0.15, -0.1) is 0 Å². The van der Waals surface area contributed by atoms with Crippen molar-refractivity contribution in [3.63, 3.8) is 0 Å². The van der Waals surface area contributed by atoms with E-state index in [1.807, 2.05) is 0 Å². The highest BCUT2D eigenvalue weighted by molar-refractivity contribution is 7.89. The lowest BCUT2D eigenvalue weighted by Gasteiger charge is -2.31. The van der Waals surface area contributed by atoms with Gasteiger partial charge in [-0.3, -0.25) is 0 Å². The lowest BCUT2D eigenvalue weighted by molar-refractivity contribution is 0.00876. The number of hydrogen-bond donors (Lipinski definition) is 1. The minimum Gasteiger partial charge on any atom is -0.377 e. The molecule has 1 fully saturated rings. The molecule has 0 aromatic carbocycles.